The van der Waals surface area contributed by atoms with E-state index < -0.39 is 28.6 Å². The molecule has 0 fully saturated rings. The smallest absolute Gasteiger partial charge is 0.339 e. The normalized spacial score (nSPS) is 11.1. The van der Waals surface area contributed by atoms with Gasteiger partial charge in [-0.3, -0.25) is 14.9 Å². The Morgan fingerprint density at radius 2 is 1.96 bits per heavy atom. The van der Waals surface area contributed by atoms with E-state index in [-0.39, 0.29) is 24.2 Å². The van der Waals surface area contributed by atoms with Crippen molar-refractivity contribution in [2.45, 2.75) is 19.4 Å². The quantitative estimate of drug-likeness (QED) is 0.336. The second-order valence-corrected chi connectivity index (χ2v) is 5.81. The van der Waals surface area contributed by atoms with Gasteiger partial charge in [-0.25, -0.2) is 4.79 Å². The highest BCUT2D eigenvalue weighted by Crippen LogP contribution is 2.23. The number of rotatable bonds is 7. The molecule has 0 spiro atoms. The van der Waals surface area contributed by atoms with Crippen molar-refractivity contribution in [2.75, 3.05) is 17.2 Å². The van der Waals surface area contributed by atoms with Crippen LogP contribution in [0.1, 0.15) is 23.7 Å². The lowest BCUT2D eigenvalue weighted by Crippen LogP contribution is -2.40. The molecule has 0 aliphatic rings. The number of nitrogens with zero attached hydrogens (tertiary/aromatic N) is 3. The van der Waals surface area contributed by atoms with Crippen molar-refractivity contribution in [3.8, 4) is 6.07 Å². The summed E-state index contributed by atoms with van der Waals surface area (Å²) >= 11 is 0. The number of nitro groups is 1. The third kappa shape index (κ3) is 4.82. The van der Waals surface area contributed by atoms with Crippen LogP contribution in [0, 0.1) is 21.4 Å². The van der Waals surface area contributed by atoms with Crippen molar-refractivity contribution < 1.29 is 19.2 Å². The fraction of sp³-hybridized carbons (Fsp3) is 0.211. The number of hydrogen-bond donors (Lipinski definition) is 1. The van der Waals surface area contributed by atoms with Crippen LogP contribution in [0.2, 0.25) is 0 Å². The molecule has 2 aromatic rings. The Labute approximate surface area is 161 Å². The SMILES string of the molecule is C[C@H](OC(=O)c1ccc(N)c([N+](=O)[O-])c1)C(=O)N(CCC#N)c1ccccc1. The molecule has 2 N–H and O–H groups in total. The van der Waals surface area contributed by atoms with Gasteiger partial charge in [-0.15, -0.1) is 0 Å². The van der Waals surface area contributed by atoms with E-state index in [0.29, 0.717) is 5.69 Å². The summed E-state index contributed by atoms with van der Waals surface area (Å²) < 4.78 is 5.18. The van der Waals surface area contributed by atoms with Gasteiger partial charge in [0.1, 0.15) is 5.69 Å². The highest BCUT2D eigenvalue weighted by Gasteiger charge is 2.26. The fourth-order valence-electron chi connectivity index (χ4n) is 2.46. The summed E-state index contributed by atoms with van der Waals surface area (Å²) in [5, 5.41) is 19.8. The van der Waals surface area contributed by atoms with E-state index in [0.717, 1.165) is 6.07 Å². The number of esters is 1. The van der Waals surface area contributed by atoms with Crippen molar-refractivity contribution >= 4 is 28.9 Å². The Balaban J connectivity index is 2.17. The predicted octanol–water partition coefficient (Wildman–Crippen LogP) is 2.67. The van der Waals surface area contributed by atoms with Gasteiger partial charge < -0.3 is 15.4 Å². The largest absolute Gasteiger partial charge is 0.449 e. The molecule has 0 saturated heterocycles. The van der Waals surface area contributed by atoms with Crippen molar-refractivity contribution in [3.05, 3.63) is 64.2 Å². The van der Waals surface area contributed by atoms with Crippen LogP contribution in [0.15, 0.2) is 48.5 Å². The molecule has 0 saturated carbocycles. The molecule has 0 bridgehead atoms. The van der Waals surface area contributed by atoms with Gasteiger partial charge in [0.25, 0.3) is 11.6 Å². The second kappa shape index (κ2) is 9.14. The summed E-state index contributed by atoms with van der Waals surface area (Å²) in [6.07, 6.45) is -1.06. The molecule has 9 heteroatoms. The first-order chi connectivity index (χ1) is 13.3. The molecule has 0 aliphatic carbocycles. The molecule has 0 aliphatic heterocycles. The zero-order valence-corrected chi connectivity index (χ0v) is 15.1. The van der Waals surface area contributed by atoms with Crippen molar-refractivity contribution in [2.24, 2.45) is 0 Å². The minimum absolute atomic E-state index is 0.0857. The molecule has 2 aromatic carbocycles. The molecule has 9 nitrogen and oxygen atoms in total. The van der Waals surface area contributed by atoms with Crippen LogP contribution in [0.4, 0.5) is 17.1 Å². The maximum absolute atomic E-state index is 12.8. The Morgan fingerprint density at radius 1 is 1.29 bits per heavy atom. The van der Waals surface area contributed by atoms with Gasteiger partial charge in [0.2, 0.25) is 0 Å². The third-order valence-corrected chi connectivity index (χ3v) is 3.88. The second-order valence-electron chi connectivity index (χ2n) is 5.81. The Morgan fingerprint density at radius 3 is 2.57 bits per heavy atom. The third-order valence-electron chi connectivity index (χ3n) is 3.88. The first kappa shape index (κ1) is 20.4. The first-order valence-electron chi connectivity index (χ1n) is 8.33. The summed E-state index contributed by atoms with van der Waals surface area (Å²) in [6, 6.07) is 14.2. The number of carbonyl (C=O) groups excluding carboxylic acids is 2. The van der Waals surface area contributed by atoms with Gasteiger partial charge in [0.15, 0.2) is 6.10 Å². The number of carbonyl (C=O) groups is 2. The van der Waals surface area contributed by atoms with E-state index in [2.05, 4.69) is 0 Å². The Bertz CT molecular complexity index is 924. The minimum Gasteiger partial charge on any atom is -0.449 e. The highest BCUT2D eigenvalue weighted by molar-refractivity contribution is 5.99. The van der Waals surface area contributed by atoms with Gasteiger partial charge >= 0.3 is 5.97 Å². The van der Waals surface area contributed by atoms with Crippen LogP contribution in [-0.4, -0.2) is 29.4 Å². The number of nitrogen functional groups attached to an aromatic ring is 1. The number of amides is 1. The molecule has 2 rings (SSSR count). The standard InChI is InChI=1S/C19H18N4O5/c1-13(18(24)22(11-5-10-20)15-6-3-2-4-7-15)28-19(25)14-8-9-16(21)17(12-14)23(26)27/h2-4,6-9,12-13H,5,11,21H2,1H3/t13-/m0/s1. The van der Waals surface area contributed by atoms with E-state index in [4.69, 9.17) is 15.7 Å². The molecule has 1 atom stereocenters. The summed E-state index contributed by atoms with van der Waals surface area (Å²) in [7, 11) is 0. The molecule has 144 valence electrons. The molecular formula is C19H18N4O5. The van der Waals surface area contributed by atoms with E-state index in [1.165, 1.54) is 24.0 Å². The Hall–Kier alpha value is -3.93. The van der Waals surface area contributed by atoms with Crippen LogP contribution >= 0.6 is 0 Å². The van der Waals surface area contributed by atoms with Gasteiger partial charge in [0, 0.05) is 18.3 Å². The summed E-state index contributed by atoms with van der Waals surface area (Å²) in [6.45, 7) is 1.53. The molecule has 0 aromatic heterocycles. The minimum atomic E-state index is -1.16. The number of nitriles is 1. The van der Waals surface area contributed by atoms with E-state index >= 15 is 0 Å². The van der Waals surface area contributed by atoms with Crippen LogP contribution in [0.3, 0.4) is 0 Å². The van der Waals surface area contributed by atoms with Gasteiger partial charge in [-0.1, -0.05) is 18.2 Å². The number of para-hydroxylation sites is 1. The topological polar surface area (TPSA) is 140 Å². The van der Waals surface area contributed by atoms with Crippen LogP contribution in [0.5, 0.6) is 0 Å². The van der Waals surface area contributed by atoms with Crippen LogP contribution in [-0.2, 0) is 9.53 Å². The molecular weight excluding hydrogens is 364 g/mol. The number of nitrogens with two attached hydrogens (primary N) is 1. The number of hydrogen-bond acceptors (Lipinski definition) is 7. The lowest BCUT2D eigenvalue weighted by molar-refractivity contribution is -0.383. The number of nitro benzene ring substituents is 1. The van der Waals surface area contributed by atoms with E-state index in [1.807, 2.05) is 6.07 Å². The first-order valence-corrected chi connectivity index (χ1v) is 8.33. The Kier molecular flexibility index (Phi) is 6.65. The number of anilines is 2. The lowest BCUT2D eigenvalue weighted by Gasteiger charge is -2.25. The zero-order chi connectivity index (χ0) is 20.7. The van der Waals surface area contributed by atoms with Crippen LogP contribution < -0.4 is 10.6 Å². The monoisotopic (exact) mass is 382 g/mol. The van der Waals surface area contributed by atoms with Gasteiger partial charge in [-0.05, 0) is 31.2 Å². The highest BCUT2D eigenvalue weighted by atomic mass is 16.6. The number of ether oxygens (including phenoxy) is 1. The van der Waals surface area contributed by atoms with Crippen molar-refractivity contribution in [3.63, 3.8) is 0 Å². The summed E-state index contributed by atoms with van der Waals surface area (Å²) in [5.74, 6) is -1.41. The maximum atomic E-state index is 12.8. The summed E-state index contributed by atoms with van der Waals surface area (Å²) in [4.78, 5) is 36.7. The zero-order valence-electron chi connectivity index (χ0n) is 15.1. The van der Waals surface area contributed by atoms with Crippen molar-refractivity contribution in [1.29, 1.82) is 5.26 Å². The maximum Gasteiger partial charge on any atom is 0.339 e. The van der Waals surface area contributed by atoms with Crippen LogP contribution in [0.25, 0.3) is 0 Å². The average Bonchev–Trinajstić information content (AvgIpc) is 2.68. The van der Waals surface area contributed by atoms with E-state index in [1.54, 1.807) is 30.3 Å². The fourth-order valence-corrected chi connectivity index (χ4v) is 2.46. The molecule has 0 unspecified atom stereocenters. The number of benzene rings is 2. The van der Waals surface area contributed by atoms with Gasteiger partial charge in [0.05, 0.1) is 23.0 Å². The van der Waals surface area contributed by atoms with Crippen molar-refractivity contribution in [1.82, 2.24) is 0 Å². The average molecular weight is 382 g/mol. The molecule has 1 amide bonds. The molecule has 0 heterocycles. The summed E-state index contributed by atoms with van der Waals surface area (Å²) in [5.41, 5.74) is 5.47. The van der Waals surface area contributed by atoms with E-state index in [9.17, 15) is 19.7 Å². The predicted molar refractivity (Wildman–Crippen MR) is 101 cm³/mol. The molecule has 28 heavy (non-hydrogen) atoms. The van der Waals surface area contributed by atoms with Gasteiger partial charge in [-0.2, -0.15) is 5.26 Å². The lowest BCUT2D eigenvalue weighted by atomic mass is 10.1. The molecule has 0 radical (unpaired) electrons.